The minimum Gasteiger partial charge on any atom is -0.367 e. The molecule has 1 aromatic carbocycles. The second-order valence-corrected chi connectivity index (χ2v) is 10.1. The van der Waals surface area contributed by atoms with E-state index in [1.54, 1.807) is 12.1 Å². The lowest BCUT2D eigenvalue weighted by atomic mass is 9.99. The van der Waals surface area contributed by atoms with E-state index in [1.165, 1.54) is 6.07 Å². The Balaban J connectivity index is 1.07. The fraction of sp³-hybridized carbons (Fsp3) is 0.500. The van der Waals surface area contributed by atoms with Crippen molar-refractivity contribution in [2.24, 2.45) is 0 Å². The number of aromatic nitrogens is 1. The third kappa shape index (κ3) is 4.57. The van der Waals surface area contributed by atoms with Gasteiger partial charge in [0.25, 0.3) is 5.91 Å². The molecule has 4 heterocycles. The van der Waals surface area contributed by atoms with Gasteiger partial charge in [-0.05, 0) is 61.9 Å². The maximum absolute atomic E-state index is 14.8. The molecule has 6 rings (SSSR count). The van der Waals surface area contributed by atoms with Crippen molar-refractivity contribution in [1.29, 1.82) is 0 Å². The van der Waals surface area contributed by atoms with Gasteiger partial charge in [-0.3, -0.25) is 14.5 Å². The zero-order valence-corrected chi connectivity index (χ0v) is 19.8. The lowest BCUT2D eigenvalue weighted by Crippen LogP contribution is -2.51. The minimum absolute atomic E-state index is 0.0721. The lowest BCUT2D eigenvalue weighted by molar-refractivity contribution is -0.118. The topological polar surface area (TPSA) is 80.8 Å². The first kappa shape index (κ1) is 22.3. The molecule has 4 aliphatic rings. The largest absolute Gasteiger partial charge is 0.367 e. The third-order valence-electron chi connectivity index (χ3n) is 7.50. The molecule has 2 N–H and O–H groups in total. The second kappa shape index (κ2) is 9.11. The number of hydrogen-bond donors (Lipinski definition) is 2. The number of hydrogen-bond acceptors (Lipinski definition) is 6. The lowest BCUT2D eigenvalue weighted by Gasteiger charge is -2.40. The molecule has 1 unspecified atom stereocenters. The maximum Gasteiger partial charge on any atom is 0.251 e. The van der Waals surface area contributed by atoms with Crippen LogP contribution in [0, 0.1) is 5.82 Å². The Morgan fingerprint density at radius 1 is 1.09 bits per heavy atom. The SMILES string of the molecule is O=C(NC1CC1)c1ccc(N2CCN(Cc3cnc4c(c3)NC(=O)C3CCCCN43)CC2)c(F)c1. The van der Waals surface area contributed by atoms with Gasteiger partial charge < -0.3 is 20.4 Å². The van der Waals surface area contributed by atoms with E-state index in [9.17, 15) is 14.0 Å². The molecule has 2 aromatic rings. The summed E-state index contributed by atoms with van der Waals surface area (Å²) in [7, 11) is 0. The van der Waals surface area contributed by atoms with Gasteiger partial charge in [-0.15, -0.1) is 0 Å². The van der Waals surface area contributed by atoms with Crippen LogP contribution in [0.3, 0.4) is 0 Å². The zero-order valence-electron chi connectivity index (χ0n) is 19.8. The molecule has 8 nitrogen and oxygen atoms in total. The molecule has 1 saturated carbocycles. The van der Waals surface area contributed by atoms with Gasteiger partial charge in [-0.1, -0.05) is 0 Å². The summed E-state index contributed by atoms with van der Waals surface area (Å²) in [4.78, 5) is 36.0. The smallest absolute Gasteiger partial charge is 0.251 e. The van der Waals surface area contributed by atoms with Crippen molar-refractivity contribution in [1.82, 2.24) is 15.2 Å². The van der Waals surface area contributed by atoms with E-state index in [1.807, 2.05) is 17.2 Å². The molecule has 3 fully saturated rings. The van der Waals surface area contributed by atoms with Gasteiger partial charge in [0.1, 0.15) is 11.9 Å². The predicted molar refractivity (Wildman–Crippen MR) is 132 cm³/mol. The highest BCUT2D eigenvalue weighted by Crippen LogP contribution is 2.35. The number of piperazine rings is 1. The molecule has 1 aromatic heterocycles. The number of piperidine rings is 1. The molecule has 184 valence electrons. The number of benzene rings is 1. The van der Waals surface area contributed by atoms with Crippen molar-refractivity contribution in [3.63, 3.8) is 0 Å². The summed E-state index contributed by atoms with van der Waals surface area (Å²) in [5, 5.41) is 5.96. The van der Waals surface area contributed by atoms with Crippen molar-refractivity contribution < 1.29 is 14.0 Å². The average molecular weight is 479 g/mol. The van der Waals surface area contributed by atoms with Crippen LogP contribution in [0.2, 0.25) is 0 Å². The first-order chi connectivity index (χ1) is 17.0. The number of amides is 2. The second-order valence-electron chi connectivity index (χ2n) is 10.1. The molecule has 1 atom stereocenters. The zero-order chi connectivity index (χ0) is 23.9. The van der Waals surface area contributed by atoms with Gasteiger partial charge in [0.15, 0.2) is 5.82 Å². The van der Waals surface area contributed by atoms with Crippen LogP contribution in [0.1, 0.15) is 48.0 Å². The average Bonchev–Trinajstić information content (AvgIpc) is 3.69. The Bertz CT molecular complexity index is 1140. The van der Waals surface area contributed by atoms with Gasteiger partial charge in [-0.2, -0.15) is 0 Å². The molecule has 0 radical (unpaired) electrons. The standard InChI is InChI=1S/C26H31FN6O2/c27-20-14-18(25(34)29-19-5-6-19)4-7-22(20)32-11-9-31(10-12-32)16-17-13-21-24(28-15-17)33-8-2-1-3-23(33)26(35)30-21/h4,7,13-15,19,23H,1-3,5-6,8-12,16H2,(H,29,34)(H,30,35). The summed E-state index contributed by atoms with van der Waals surface area (Å²) in [5.41, 5.74) is 2.78. The maximum atomic E-state index is 14.8. The molecule has 3 aliphatic heterocycles. The van der Waals surface area contributed by atoms with E-state index in [0.29, 0.717) is 24.3 Å². The summed E-state index contributed by atoms with van der Waals surface area (Å²) in [5.74, 6) is 0.399. The van der Waals surface area contributed by atoms with Crippen LogP contribution in [0.25, 0.3) is 0 Å². The first-order valence-corrected chi connectivity index (χ1v) is 12.7. The van der Waals surface area contributed by atoms with Crippen LogP contribution < -0.4 is 20.4 Å². The highest BCUT2D eigenvalue weighted by molar-refractivity contribution is 6.03. The van der Waals surface area contributed by atoms with Crippen molar-refractivity contribution in [2.45, 2.75) is 50.7 Å². The van der Waals surface area contributed by atoms with Crippen LogP contribution in [0.5, 0.6) is 0 Å². The molecule has 2 saturated heterocycles. The van der Waals surface area contributed by atoms with Crippen LogP contribution in [-0.4, -0.2) is 66.5 Å². The number of anilines is 3. The normalized spacial score (nSPS) is 22.3. The predicted octanol–water partition coefficient (Wildman–Crippen LogP) is 2.75. The summed E-state index contributed by atoms with van der Waals surface area (Å²) in [6.07, 6.45) is 6.98. The molecule has 2 amide bonds. The van der Waals surface area contributed by atoms with Crippen molar-refractivity contribution >= 4 is 29.0 Å². The van der Waals surface area contributed by atoms with E-state index < -0.39 is 0 Å². The summed E-state index contributed by atoms with van der Waals surface area (Å²) >= 11 is 0. The molecule has 35 heavy (non-hydrogen) atoms. The van der Waals surface area contributed by atoms with E-state index in [-0.39, 0.29) is 29.7 Å². The highest BCUT2D eigenvalue weighted by Gasteiger charge is 2.35. The van der Waals surface area contributed by atoms with Crippen LogP contribution in [-0.2, 0) is 11.3 Å². The molecule has 0 spiro atoms. The molecular weight excluding hydrogens is 447 g/mol. The number of carbonyl (C=O) groups is 2. The molecule has 1 aliphatic carbocycles. The monoisotopic (exact) mass is 478 g/mol. The van der Waals surface area contributed by atoms with E-state index >= 15 is 0 Å². The van der Waals surface area contributed by atoms with Gasteiger partial charge in [0, 0.05) is 57.1 Å². The minimum atomic E-state index is -0.354. The summed E-state index contributed by atoms with van der Waals surface area (Å²) in [6.45, 7) is 4.60. The Kier molecular flexibility index (Phi) is 5.80. The number of fused-ring (bicyclic) bond motifs is 3. The Hall–Kier alpha value is -3.20. The Labute approximate surface area is 204 Å². The third-order valence-corrected chi connectivity index (χ3v) is 7.50. The number of nitrogens with zero attached hydrogens (tertiary/aromatic N) is 4. The van der Waals surface area contributed by atoms with Crippen LogP contribution >= 0.6 is 0 Å². The summed E-state index contributed by atoms with van der Waals surface area (Å²) < 4.78 is 14.8. The number of halogens is 1. The number of nitrogens with one attached hydrogen (secondary N) is 2. The molecule has 9 heteroatoms. The summed E-state index contributed by atoms with van der Waals surface area (Å²) in [6, 6.07) is 6.98. The van der Waals surface area contributed by atoms with Gasteiger partial charge in [-0.25, -0.2) is 9.37 Å². The van der Waals surface area contributed by atoms with Crippen molar-refractivity contribution in [2.75, 3.05) is 47.8 Å². The fourth-order valence-corrected chi connectivity index (χ4v) is 5.39. The van der Waals surface area contributed by atoms with Gasteiger partial charge in [0.2, 0.25) is 5.91 Å². The fourth-order valence-electron chi connectivity index (χ4n) is 5.39. The Morgan fingerprint density at radius 3 is 2.69 bits per heavy atom. The first-order valence-electron chi connectivity index (χ1n) is 12.7. The van der Waals surface area contributed by atoms with Crippen LogP contribution in [0.15, 0.2) is 30.5 Å². The van der Waals surface area contributed by atoms with Crippen LogP contribution in [0.4, 0.5) is 21.6 Å². The Morgan fingerprint density at radius 2 is 1.91 bits per heavy atom. The van der Waals surface area contributed by atoms with E-state index in [4.69, 9.17) is 4.98 Å². The van der Waals surface area contributed by atoms with E-state index in [2.05, 4.69) is 20.4 Å². The molecular formula is C26H31FN6O2. The molecule has 0 bridgehead atoms. The van der Waals surface area contributed by atoms with Crippen molar-refractivity contribution in [3.8, 4) is 0 Å². The van der Waals surface area contributed by atoms with E-state index in [0.717, 1.165) is 75.4 Å². The van der Waals surface area contributed by atoms with Crippen molar-refractivity contribution in [3.05, 3.63) is 47.4 Å². The van der Waals surface area contributed by atoms with Gasteiger partial charge in [0.05, 0.1) is 11.4 Å². The number of carbonyl (C=O) groups excluding carboxylic acids is 2. The number of rotatable bonds is 5. The van der Waals surface area contributed by atoms with Gasteiger partial charge >= 0.3 is 0 Å². The number of pyridine rings is 1. The quantitative estimate of drug-likeness (QED) is 0.688. The highest BCUT2D eigenvalue weighted by atomic mass is 19.1.